The first-order valence-corrected chi connectivity index (χ1v) is 12.9. The molecular formula is C25H35N5OS. The van der Waals surface area contributed by atoms with Crippen LogP contribution >= 0.6 is 11.8 Å². The van der Waals surface area contributed by atoms with E-state index in [0.29, 0.717) is 6.04 Å². The number of anilines is 1. The largest absolute Gasteiger partial charge is 0.354 e. The number of benzene rings is 1. The summed E-state index contributed by atoms with van der Waals surface area (Å²) in [5.41, 5.74) is 3.06. The highest BCUT2D eigenvalue weighted by molar-refractivity contribution is 7.98. The van der Waals surface area contributed by atoms with Crippen LogP contribution in [0.4, 0.5) is 5.82 Å². The van der Waals surface area contributed by atoms with Gasteiger partial charge >= 0.3 is 0 Å². The standard InChI is InChI=1S/C25H35N5OS/c1-4-22-17-23(30-12-6-5-7-19(30)2)27-25(26-22)32-18-20-8-10-21(11-9-20)24(31)29-15-13-28(3)14-16-29/h8-11,17,19H,4-7,12-16,18H2,1-3H3. The van der Waals surface area contributed by atoms with Crippen molar-refractivity contribution in [2.45, 2.75) is 56.5 Å². The van der Waals surface area contributed by atoms with Crippen LogP contribution in [-0.4, -0.2) is 71.5 Å². The fraction of sp³-hybridized carbons (Fsp3) is 0.560. The minimum Gasteiger partial charge on any atom is -0.354 e. The highest BCUT2D eigenvalue weighted by atomic mass is 32.2. The van der Waals surface area contributed by atoms with E-state index in [9.17, 15) is 4.79 Å². The summed E-state index contributed by atoms with van der Waals surface area (Å²) in [5, 5.41) is 0.842. The van der Waals surface area contributed by atoms with Gasteiger partial charge in [0.1, 0.15) is 5.82 Å². The molecule has 0 saturated carbocycles. The number of amides is 1. The molecule has 2 fully saturated rings. The maximum Gasteiger partial charge on any atom is 0.253 e. The molecule has 0 spiro atoms. The molecule has 2 aliphatic rings. The molecule has 6 nitrogen and oxygen atoms in total. The van der Waals surface area contributed by atoms with Gasteiger partial charge in [0, 0.05) is 61.8 Å². The van der Waals surface area contributed by atoms with E-state index in [1.165, 1.54) is 24.8 Å². The quantitative estimate of drug-likeness (QED) is 0.485. The monoisotopic (exact) mass is 453 g/mol. The van der Waals surface area contributed by atoms with E-state index in [1.54, 1.807) is 11.8 Å². The highest BCUT2D eigenvalue weighted by Crippen LogP contribution is 2.27. The fourth-order valence-corrected chi connectivity index (χ4v) is 5.20. The summed E-state index contributed by atoms with van der Waals surface area (Å²) in [6, 6.07) is 10.7. The van der Waals surface area contributed by atoms with Crippen LogP contribution in [0.15, 0.2) is 35.5 Å². The number of piperazine rings is 1. The van der Waals surface area contributed by atoms with Gasteiger partial charge in [-0.1, -0.05) is 30.8 Å². The normalized spacial score (nSPS) is 19.9. The lowest BCUT2D eigenvalue weighted by Crippen LogP contribution is -2.47. The number of aromatic nitrogens is 2. The van der Waals surface area contributed by atoms with Crippen LogP contribution in [0, 0.1) is 0 Å². The van der Waals surface area contributed by atoms with Gasteiger partial charge in [0.25, 0.3) is 5.91 Å². The molecule has 0 N–H and O–H groups in total. The predicted molar refractivity (Wildman–Crippen MR) is 131 cm³/mol. The van der Waals surface area contributed by atoms with E-state index >= 15 is 0 Å². The summed E-state index contributed by atoms with van der Waals surface area (Å²) in [6.07, 6.45) is 4.68. The Morgan fingerprint density at radius 3 is 2.50 bits per heavy atom. The van der Waals surface area contributed by atoms with Gasteiger partial charge in [-0.25, -0.2) is 9.97 Å². The van der Waals surface area contributed by atoms with Crippen molar-refractivity contribution >= 4 is 23.5 Å². The minimum absolute atomic E-state index is 0.136. The van der Waals surface area contributed by atoms with Crippen LogP contribution in [0.25, 0.3) is 0 Å². The van der Waals surface area contributed by atoms with Crippen molar-refractivity contribution in [3.05, 3.63) is 47.2 Å². The maximum atomic E-state index is 12.8. The van der Waals surface area contributed by atoms with E-state index < -0.39 is 0 Å². The summed E-state index contributed by atoms with van der Waals surface area (Å²) >= 11 is 1.68. The Bertz CT molecular complexity index is 911. The zero-order chi connectivity index (χ0) is 22.5. The first-order valence-electron chi connectivity index (χ1n) is 11.9. The molecule has 0 bridgehead atoms. The third-order valence-corrected chi connectivity index (χ3v) is 7.48. The number of rotatable bonds is 6. The van der Waals surface area contributed by atoms with E-state index in [4.69, 9.17) is 9.97 Å². The minimum atomic E-state index is 0.136. The molecular weight excluding hydrogens is 418 g/mol. The Hall–Kier alpha value is -2.12. The van der Waals surface area contributed by atoms with Crippen molar-refractivity contribution in [2.24, 2.45) is 0 Å². The van der Waals surface area contributed by atoms with Crippen molar-refractivity contribution in [2.75, 3.05) is 44.7 Å². The first-order chi connectivity index (χ1) is 15.5. The second kappa shape index (κ2) is 10.7. The van der Waals surface area contributed by atoms with E-state index in [-0.39, 0.29) is 5.91 Å². The molecule has 2 aromatic rings. The lowest BCUT2D eigenvalue weighted by molar-refractivity contribution is 0.0664. The van der Waals surface area contributed by atoms with Crippen molar-refractivity contribution in [1.82, 2.24) is 19.8 Å². The lowest BCUT2D eigenvalue weighted by atomic mass is 10.0. The lowest BCUT2D eigenvalue weighted by Gasteiger charge is -2.34. The number of aryl methyl sites for hydroxylation is 1. The Morgan fingerprint density at radius 2 is 1.81 bits per heavy atom. The van der Waals surface area contributed by atoms with Crippen LogP contribution in [0.2, 0.25) is 0 Å². The number of thioether (sulfide) groups is 1. The molecule has 1 amide bonds. The van der Waals surface area contributed by atoms with Crippen LogP contribution in [0.1, 0.15) is 54.7 Å². The third-order valence-electron chi connectivity index (χ3n) is 6.56. The topological polar surface area (TPSA) is 52.6 Å². The third kappa shape index (κ3) is 5.62. The van der Waals surface area contributed by atoms with E-state index in [1.807, 2.05) is 17.0 Å². The molecule has 0 aliphatic carbocycles. The molecule has 1 atom stereocenters. The SMILES string of the molecule is CCc1cc(N2CCCCC2C)nc(SCc2ccc(C(=O)N3CCN(C)CC3)cc2)n1. The number of carbonyl (C=O) groups is 1. The zero-order valence-electron chi connectivity index (χ0n) is 19.6. The van der Waals surface area contributed by atoms with E-state index in [2.05, 4.69) is 48.9 Å². The Morgan fingerprint density at radius 1 is 1.06 bits per heavy atom. The van der Waals surface area contributed by atoms with Gasteiger partial charge in [0.15, 0.2) is 5.16 Å². The molecule has 32 heavy (non-hydrogen) atoms. The maximum absolute atomic E-state index is 12.8. The van der Waals surface area contributed by atoms with Crippen molar-refractivity contribution in [1.29, 1.82) is 0 Å². The average molecular weight is 454 g/mol. The second-order valence-electron chi connectivity index (χ2n) is 8.97. The fourth-order valence-electron chi connectivity index (χ4n) is 4.37. The number of likely N-dealkylation sites (N-methyl/N-ethyl adjacent to an activating group) is 1. The zero-order valence-corrected chi connectivity index (χ0v) is 20.4. The molecule has 4 rings (SSSR count). The van der Waals surface area contributed by atoms with Crippen LogP contribution in [0.5, 0.6) is 0 Å². The number of hydrogen-bond donors (Lipinski definition) is 0. The summed E-state index contributed by atoms with van der Waals surface area (Å²) in [4.78, 5) is 29.1. The number of hydrogen-bond acceptors (Lipinski definition) is 6. The number of nitrogens with zero attached hydrogens (tertiary/aromatic N) is 5. The Kier molecular flexibility index (Phi) is 7.68. The molecule has 172 valence electrons. The van der Waals surface area contributed by atoms with Gasteiger partial charge in [-0.05, 0) is 57.4 Å². The van der Waals surface area contributed by atoms with Gasteiger partial charge in [-0.15, -0.1) is 0 Å². The Balaban J connectivity index is 1.40. The molecule has 7 heteroatoms. The summed E-state index contributed by atoms with van der Waals surface area (Å²) in [6.45, 7) is 9.01. The molecule has 2 aliphatic heterocycles. The Labute approximate surface area is 196 Å². The molecule has 1 unspecified atom stereocenters. The van der Waals surface area contributed by atoms with Crippen LogP contribution < -0.4 is 4.90 Å². The van der Waals surface area contributed by atoms with Crippen molar-refractivity contribution < 1.29 is 4.79 Å². The number of piperidine rings is 1. The van der Waals surface area contributed by atoms with Gasteiger partial charge in [-0.2, -0.15) is 0 Å². The number of carbonyl (C=O) groups excluding carboxylic acids is 1. The van der Waals surface area contributed by atoms with Crippen molar-refractivity contribution in [3.63, 3.8) is 0 Å². The van der Waals surface area contributed by atoms with Gasteiger partial charge < -0.3 is 14.7 Å². The summed E-state index contributed by atoms with van der Waals surface area (Å²) in [7, 11) is 2.10. The molecule has 1 aromatic heterocycles. The summed E-state index contributed by atoms with van der Waals surface area (Å²) in [5.74, 6) is 2.00. The smallest absolute Gasteiger partial charge is 0.253 e. The summed E-state index contributed by atoms with van der Waals surface area (Å²) < 4.78 is 0. The van der Waals surface area contributed by atoms with Crippen LogP contribution in [-0.2, 0) is 12.2 Å². The molecule has 2 saturated heterocycles. The van der Waals surface area contributed by atoms with Gasteiger partial charge in [-0.3, -0.25) is 4.79 Å². The van der Waals surface area contributed by atoms with E-state index in [0.717, 1.165) is 67.1 Å². The average Bonchev–Trinajstić information content (AvgIpc) is 2.83. The molecule has 3 heterocycles. The first kappa shape index (κ1) is 23.1. The second-order valence-corrected chi connectivity index (χ2v) is 9.92. The van der Waals surface area contributed by atoms with Gasteiger partial charge in [0.05, 0.1) is 0 Å². The molecule has 0 radical (unpaired) electrons. The van der Waals surface area contributed by atoms with Gasteiger partial charge in [0.2, 0.25) is 0 Å². The van der Waals surface area contributed by atoms with Crippen molar-refractivity contribution in [3.8, 4) is 0 Å². The highest BCUT2D eigenvalue weighted by Gasteiger charge is 2.22. The molecule has 1 aromatic carbocycles. The predicted octanol–water partition coefficient (Wildman–Crippen LogP) is 4.10. The van der Waals surface area contributed by atoms with Crippen LogP contribution in [0.3, 0.4) is 0 Å².